The lowest BCUT2D eigenvalue weighted by Crippen LogP contribution is -2.34. The molecule has 0 saturated carbocycles. The molecule has 5 heteroatoms. The van der Waals surface area contributed by atoms with Crippen LogP contribution in [0.15, 0.2) is 48.5 Å². The Morgan fingerprint density at radius 3 is 2.69 bits per heavy atom. The fourth-order valence-corrected chi connectivity index (χ4v) is 3.49. The van der Waals surface area contributed by atoms with Gasteiger partial charge in [-0.05, 0) is 43.1 Å². The number of aliphatic hydroxyl groups is 1. The summed E-state index contributed by atoms with van der Waals surface area (Å²) < 4.78 is 24.3. The van der Waals surface area contributed by atoms with E-state index < -0.39 is 6.10 Å². The summed E-state index contributed by atoms with van der Waals surface area (Å²) in [6.07, 6.45) is 1.59. The minimum atomic E-state index is -0.597. The number of likely N-dealkylation sites (tertiary alicyclic amines) is 1. The molecule has 4 nitrogen and oxygen atoms in total. The maximum absolute atomic E-state index is 13.6. The van der Waals surface area contributed by atoms with Crippen LogP contribution in [-0.4, -0.2) is 42.9 Å². The molecule has 0 amide bonds. The van der Waals surface area contributed by atoms with Gasteiger partial charge in [0.2, 0.25) is 0 Å². The normalized spacial score (nSPS) is 18.8. The van der Waals surface area contributed by atoms with Crippen molar-refractivity contribution in [3.63, 3.8) is 0 Å². The Morgan fingerprint density at radius 1 is 1.19 bits per heavy atom. The van der Waals surface area contributed by atoms with Gasteiger partial charge >= 0.3 is 0 Å². The Hall–Kier alpha value is -1.95. The van der Waals surface area contributed by atoms with E-state index in [-0.39, 0.29) is 19.0 Å². The lowest BCUT2D eigenvalue weighted by molar-refractivity contribution is 0.00698. The average Bonchev–Trinajstić information content (AvgIpc) is 3.11. The van der Waals surface area contributed by atoms with Crippen molar-refractivity contribution in [1.82, 2.24) is 4.90 Å². The van der Waals surface area contributed by atoms with Gasteiger partial charge in [0.05, 0.1) is 26.4 Å². The lowest BCUT2D eigenvalue weighted by Gasteiger charge is -2.27. The van der Waals surface area contributed by atoms with Crippen molar-refractivity contribution in [2.75, 3.05) is 26.8 Å². The van der Waals surface area contributed by atoms with Gasteiger partial charge in [-0.1, -0.05) is 30.3 Å². The molecule has 0 aliphatic carbocycles. The minimum Gasteiger partial charge on any atom is -0.497 e. The number of rotatable bonds is 8. The van der Waals surface area contributed by atoms with Crippen molar-refractivity contribution in [3.05, 3.63) is 65.5 Å². The van der Waals surface area contributed by atoms with Crippen LogP contribution in [0.1, 0.15) is 30.0 Å². The monoisotopic (exact) mass is 359 g/mol. The summed E-state index contributed by atoms with van der Waals surface area (Å²) in [6.45, 7) is 1.88. The largest absolute Gasteiger partial charge is 0.497 e. The second kappa shape index (κ2) is 9.12. The molecular formula is C21H26FNO3. The van der Waals surface area contributed by atoms with Crippen molar-refractivity contribution < 1.29 is 19.0 Å². The Kier molecular flexibility index (Phi) is 6.61. The van der Waals surface area contributed by atoms with Crippen LogP contribution < -0.4 is 4.74 Å². The third kappa shape index (κ3) is 4.81. The van der Waals surface area contributed by atoms with E-state index in [1.165, 1.54) is 11.6 Å². The molecule has 1 aliphatic rings. The average molecular weight is 359 g/mol. The van der Waals surface area contributed by atoms with Crippen LogP contribution >= 0.6 is 0 Å². The highest BCUT2D eigenvalue weighted by Crippen LogP contribution is 2.32. The highest BCUT2D eigenvalue weighted by atomic mass is 19.1. The van der Waals surface area contributed by atoms with Crippen LogP contribution in [0, 0.1) is 5.82 Å². The van der Waals surface area contributed by atoms with Gasteiger partial charge in [0.15, 0.2) is 0 Å². The summed E-state index contributed by atoms with van der Waals surface area (Å²) in [4.78, 5) is 2.29. The predicted octanol–water partition coefficient (Wildman–Crippen LogP) is 3.55. The van der Waals surface area contributed by atoms with E-state index in [9.17, 15) is 9.50 Å². The van der Waals surface area contributed by atoms with Crippen LogP contribution in [-0.2, 0) is 11.3 Å². The number of hydrogen-bond donors (Lipinski definition) is 1. The zero-order valence-corrected chi connectivity index (χ0v) is 15.1. The highest BCUT2D eigenvalue weighted by Gasteiger charge is 2.27. The Labute approximate surface area is 154 Å². The number of benzene rings is 2. The molecule has 2 aromatic rings. The first kappa shape index (κ1) is 18.8. The summed E-state index contributed by atoms with van der Waals surface area (Å²) in [6, 6.07) is 15.0. The molecule has 3 rings (SSSR count). The topological polar surface area (TPSA) is 41.9 Å². The number of nitrogens with zero attached hydrogens (tertiary/aromatic N) is 1. The summed E-state index contributed by atoms with van der Waals surface area (Å²) >= 11 is 0. The Morgan fingerprint density at radius 2 is 1.96 bits per heavy atom. The zero-order chi connectivity index (χ0) is 18.4. The van der Waals surface area contributed by atoms with Crippen LogP contribution in [0.4, 0.5) is 4.39 Å². The number of ether oxygens (including phenoxy) is 2. The van der Waals surface area contributed by atoms with Gasteiger partial charge in [-0.25, -0.2) is 4.39 Å². The third-order valence-corrected chi connectivity index (χ3v) is 4.84. The van der Waals surface area contributed by atoms with Crippen LogP contribution in [0.3, 0.4) is 0 Å². The van der Waals surface area contributed by atoms with E-state index in [4.69, 9.17) is 9.47 Å². The molecule has 2 aromatic carbocycles. The van der Waals surface area contributed by atoms with Crippen LogP contribution in [0.2, 0.25) is 0 Å². The van der Waals surface area contributed by atoms with Crippen molar-refractivity contribution in [3.8, 4) is 5.75 Å². The summed E-state index contributed by atoms with van der Waals surface area (Å²) in [5, 5.41) is 10.3. The smallest absolute Gasteiger partial charge is 0.128 e. The fourth-order valence-electron chi connectivity index (χ4n) is 3.49. The van der Waals surface area contributed by atoms with Gasteiger partial charge in [-0.3, -0.25) is 4.90 Å². The molecule has 2 atom stereocenters. The van der Waals surface area contributed by atoms with E-state index >= 15 is 0 Å². The maximum atomic E-state index is 13.6. The number of hydrogen-bond acceptors (Lipinski definition) is 4. The third-order valence-electron chi connectivity index (χ3n) is 4.84. The van der Waals surface area contributed by atoms with Gasteiger partial charge in [-0.15, -0.1) is 0 Å². The Bertz CT molecular complexity index is 692. The molecule has 0 aromatic heterocycles. The fraction of sp³-hybridized carbons (Fsp3) is 0.429. The molecular weight excluding hydrogens is 333 g/mol. The molecule has 1 saturated heterocycles. The number of methoxy groups -OCH3 is 1. The number of β-amino-alcohol motifs (C(OH)–C–C–N with tert-alkyl or cyclic N) is 1. The maximum Gasteiger partial charge on any atom is 0.128 e. The second-order valence-electron chi connectivity index (χ2n) is 6.69. The first-order valence-corrected chi connectivity index (χ1v) is 9.04. The highest BCUT2D eigenvalue weighted by molar-refractivity contribution is 5.29. The molecule has 26 heavy (non-hydrogen) atoms. The molecule has 140 valence electrons. The molecule has 1 aliphatic heterocycles. The van der Waals surface area contributed by atoms with E-state index in [1.54, 1.807) is 25.3 Å². The van der Waals surface area contributed by atoms with Gasteiger partial charge < -0.3 is 14.6 Å². The molecule has 0 radical (unpaired) electrons. The van der Waals surface area contributed by atoms with Crippen molar-refractivity contribution >= 4 is 0 Å². The van der Waals surface area contributed by atoms with Crippen LogP contribution in [0.5, 0.6) is 5.75 Å². The second-order valence-corrected chi connectivity index (χ2v) is 6.69. The van der Waals surface area contributed by atoms with Crippen molar-refractivity contribution in [2.24, 2.45) is 0 Å². The van der Waals surface area contributed by atoms with E-state index in [2.05, 4.69) is 17.0 Å². The van der Waals surface area contributed by atoms with Gasteiger partial charge in [0.25, 0.3) is 0 Å². The SMILES string of the molecule is COc1ccc(C2CCCN2CC(O)COCc2ccccc2F)cc1. The van der Waals surface area contributed by atoms with E-state index in [1.807, 2.05) is 12.1 Å². The Balaban J connectivity index is 1.49. The quantitative estimate of drug-likeness (QED) is 0.783. The summed E-state index contributed by atoms with van der Waals surface area (Å²) in [7, 11) is 1.66. The van der Waals surface area contributed by atoms with Gasteiger partial charge in [0.1, 0.15) is 11.6 Å². The first-order valence-electron chi connectivity index (χ1n) is 9.04. The lowest BCUT2D eigenvalue weighted by atomic mass is 10.0. The molecule has 1 N–H and O–H groups in total. The standard InChI is InChI=1S/C21H26FNO3/c1-25-19-10-8-16(9-11-19)21-7-4-12-23(21)13-18(24)15-26-14-17-5-2-3-6-20(17)22/h2-3,5-6,8-11,18,21,24H,4,7,12-15H2,1H3. The predicted molar refractivity (Wildman–Crippen MR) is 98.6 cm³/mol. The molecule has 2 unspecified atom stereocenters. The summed E-state index contributed by atoms with van der Waals surface area (Å²) in [5.74, 6) is 0.570. The molecule has 0 spiro atoms. The number of halogens is 1. The van der Waals surface area contributed by atoms with Crippen molar-refractivity contribution in [1.29, 1.82) is 0 Å². The minimum absolute atomic E-state index is 0.172. The molecule has 0 bridgehead atoms. The first-order chi connectivity index (χ1) is 12.7. The van der Waals surface area contributed by atoms with Crippen molar-refractivity contribution in [2.45, 2.75) is 31.6 Å². The number of aliphatic hydroxyl groups excluding tert-OH is 1. The van der Waals surface area contributed by atoms with Gasteiger partial charge in [-0.2, -0.15) is 0 Å². The summed E-state index contributed by atoms with van der Waals surface area (Å²) in [5.41, 5.74) is 1.75. The zero-order valence-electron chi connectivity index (χ0n) is 15.1. The van der Waals surface area contributed by atoms with E-state index in [0.717, 1.165) is 25.1 Å². The molecule has 1 heterocycles. The molecule has 1 fully saturated rings. The van der Waals surface area contributed by atoms with Crippen LogP contribution in [0.25, 0.3) is 0 Å². The van der Waals surface area contributed by atoms with Gasteiger partial charge in [0, 0.05) is 18.2 Å². The van der Waals surface area contributed by atoms with E-state index in [0.29, 0.717) is 18.2 Å².